The third kappa shape index (κ3) is 5.54. The van der Waals surface area contributed by atoms with Crippen LogP contribution in [0.1, 0.15) is 31.4 Å². The van der Waals surface area contributed by atoms with Gasteiger partial charge in [-0.25, -0.2) is 14.5 Å². The largest absolute Gasteiger partial charge is 0.465 e. The van der Waals surface area contributed by atoms with Crippen molar-refractivity contribution in [3.8, 4) is 0 Å². The number of carboxylic acid groups (broad SMARTS) is 1. The highest BCUT2D eigenvalue weighted by Gasteiger charge is 2.49. The van der Waals surface area contributed by atoms with Crippen molar-refractivity contribution in [3.63, 3.8) is 0 Å². The number of ether oxygens (including phenoxy) is 2. The minimum atomic E-state index is -1.05. The second-order valence-electron chi connectivity index (χ2n) is 9.28. The molecular formula is C27H30N2O6. The molecule has 0 aromatic heterocycles. The van der Waals surface area contributed by atoms with Crippen LogP contribution in [0.15, 0.2) is 72.8 Å². The van der Waals surface area contributed by atoms with Crippen LogP contribution in [-0.4, -0.2) is 63.5 Å². The SMILES string of the molecule is CC1(C)OC(CC=CC(=O)N2C(=O)OCC2Cc2ccccc2)C(Cc2ccccc2)N1C(=O)O. The van der Waals surface area contributed by atoms with Gasteiger partial charge in [-0.1, -0.05) is 66.7 Å². The number of amides is 3. The Balaban J connectivity index is 1.45. The average Bonchev–Trinajstić information content (AvgIpc) is 3.30. The molecule has 35 heavy (non-hydrogen) atoms. The molecule has 0 aliphatic carbocycles. The number of benzene rings is 2. The van der Waals surface area contributed by atoms with E-state index in [1.807, 2.05) is 60.7 Å². The Morgan fingerprint density at radius 3 is 2.23 bits per heavy atom. The lowest BCUT2D eigenvalue weighted by molar-refractivity contribution is -0.124. The van der Waals surface area contributed by atoms with Crippen LogP contribution in [0.4, 0.5) is 9.59 Å². The standard InChI is InChI=1S/C27H30N2O6/c1-27(2)29(25(31)32)22(17-20-12-7-4-8-13-20)23(35-27)14-9-15-24(30)28-21(18-34-26(28)33)16-19-10-5-3-6-11-19/h3-13,15,21-23H,14,16-18H2,1-2H3,(H,31,32). The van der Waals surface area contributed by atoms with Gasteiger partial charge >= 0.3 is 12.2 Å². The molecule has 3 unspecified atom stereocenters. The molecule has 8 nitrogen and oxygen atoms in total. The van der Waals surface area contributed by atoms with E-state index in [0.717, 1.165) is 16.0 Å². The molecule has 2 fully saturated rings. The summed E-state index contributed by atoms with van der Waals surface area (Å²) in [5, 5.41) is 9.87. The van der Waals surface area contributed by atoms with Crippen molar-refractivity contribution in [1.29, 1.82) is 0 Å². The molecule has 2 saturated heterocycles. The van der Waals surface area contributed by atoms with Crippen LogP contribution in [0.25, 0.3) is 0 Å². The molecule has 2 aliphatic heterocycles. The van der Waals surface area contributed by atoms with E-state index in [0.29, 0.717) is 19.3 Å². The first-order chi connectivity index (χ1) is 16.8. The van der Waals surface area contributed by atoms with Gasteiger partial charge in [0.25, 0.3) is 5.91 Å². The summed E-state index contributed by atoms with van der Waals surface area (Å²) in [5.41, 5.74) is 1.00. The lowest BCUT2D eigenvalue weighted by atomic mass is 9.98. The summed E-state index contributed by atoms with van der Waals surface area (Å²) in [6.45, 7) is 3.60. The molecule has 0 radical (unpaired) electrons. The van der Waals surface area contributed by atoms with Gasteiger partial charge in [-0.05, 0) is 50.3 Å². The zero-order valence-corrected chi connectivity index (χ0v) is 19.9. The van der Waals surface area contributed by atoms with Crippen LogP contribution in [-0.2, 0) is 27.1 Å². The van der Waals surface area contributed by atoms with Crippen molar-refractivity contribution in [3.05, 3.63) is 83.9 Å². The first kappa shape index (κ1) is 24.5. The van der Waals surface area contributed by atoms with E-state index in [4.69, 9.17) is 9.47 Å². The second-order valence-corrected chi connectivity index (χ2v) is 9.28. The van der Waals surface area contributed by atoms with Gasteiger partial charge in [0.2, 0.25) is 0 Å². The van der Waals surface area contributed by atoms with Crippen molar-refractivity contribution in [2.24, 2.45) is 0 Å². The van der Waals surface area contributed by atoms with Crippen LogP contribution in [0.5, 0.6) is 0 Å². The Hall–Kier alpha value is -3.65. The monoisotopic (exact) mass is 478 g/mol. The van der Waals surface area contributed by atoms with Gasteiger partial charge in [-0.15, -0.1) is 0 Å². The van der Waals surface area contributed by atoms with Crippen molar-refractivity contribution in [1.82, 2.24) is 9.80 Å². The van der Waals surface area contributed by atoms with E-state index >= 15 is 0 Å². The maximum absolute atomic E-state index is 12.9. The van der Waals surface area contributed by atoms with Crippen LogP contribution < -0.4 is 0 Å². The number of carbonyl (C=O) groups excluding carboxylic acids is 2. The average molecular weight is 479 g/mol. The third-order valence-electron chi connectivity index (χ3n) is 6.42. The van der Waals surface area contributed by atoms with E-state index in [-0.39, 0.29) is 12.6 Å². The van der Waals surface area contributed by atoms with Gasteiger partial charge in [-0.2, -0.15) is 0 Å². The van der Waals surface area contributed by atoms with E-state index in [9.17, 15) is 19.5 Å². The molecule has 1 N–H and O–H groups in total. The minimum absolute atomic E-state index is 0.153. The number of nitrogens with zero attached hydrogens (tertiary/aromatic N) is 2. The van der Waals surface area contributed by atoms with E-state index in [1.54, 1.807) is 19.9 Å². The van der Waals surface area contributed by atoms with Crippen LogP contribution in [0, 0.1) is 0 Å². The quantitative estimate of drug-likeness (QED) is 0.598. The summed E-state index contributed by atoms with van der Waals surface area (Å²) in [6.07, 6.45) is 2.17. The molecule has 184 valence electrons. The number of cyclic esters (lactones) is 1. The Kier molecular flexibility index (Phi) is 7.21. The number of rotatable bonds is 7. The summed E-state index contributed by atoms with van der Waals surface area (Å²) < 4.78 is 11.3. The Labute approximate surface area is 204 Å². The highest BCUT2D eigenvalue weighted by Crippen LogP contribution is 2.35. The molecule has 2 aromatic carbocycles. The number of hydrogen-bond donors (Lipinski definition) is 1. The van der Waals surface area contributed by atoms with E-state index in [2.05, 4.69) is 0 Å². The third-order valence-corrected chi connectivity index (χ3v) is 6.42. The molecule has 2 heterocycles. The molecule has 0 saturated carbocycles. The number of carbonyl (C=O) groups is 3. The van der Waals surface area contributed by atoms with Gasteiger partial charge in [0.05, 0.1) is 18.2 Å². The van der Waals surface area contributed by atoms with Gasteiger partial charge in [0.15, 0.2) is 0 Å². The molecule has 8 heteroatoms. The fourth-order valence-electron chi connectivity index (χ4n) is 4.88. The molecule has 0 bridgehead atoms. The van der Waals surface area contributed by atoms with Crippen molar-refractivity contribution < 1.29 is 29.0 Å². The van der Waals surface area contributed by atoms with Crippen molar-refractivity contribution >= 4 is 18.1 Å². The zero-order chi connectivity index (χ0) is 25.0. The Bertz CT molecular complexity index is 1090. The molecule has 3 amide bonds. The molecule has 2 aliphatic rings. The molecule has 2 aromatic rings. The first-order valence-corrected chi connectivity index (χ1v) is 11.7. The van der Waals surface area contributed by atoms with E-state index in [1.165, 1.54) is 11.0 Å². The lowest BCUT2D eigenvalue weighted by Crippen LogP contribution is -2.48. The minimum Gasteiger partial charge on any atom is -0.465 e. The zero-order valence-electron chi connectivity index (χ0n) is 19.9. The predicted molar refractivity (Wildman–Crippen MR) is 129 cm³/mol. The van der Waals surface area contributed by atoms with Gasteiger partial charge < -0.3 is 14.6 Å². The van der Waals surface area contributed by atoms with E-state index < -0.39 is 36.0 Å². The van der Waals surface area contributed by atoms with Crippen molar-refractivity contribution in [2.45, 2.75) is 57.0 Å². The van der Waals surface area contributed by atoms with Gasteiger partial charge in [0, 0.05) is 0 Å². The second kappa shape index (κ2) is 10.3. The highest BCUT2D eigenvalue weighted by atomic mass is 16.6. The fourth-order valence-corrected chi connectivity index (χ4v) is 4.88. The smallest absolute Gasteiger partial charge is 0.417 e. The highest BCUT2D eigenvalue weighted by molar-refractivity contribution is 5.99. The maximum atomic E-state index is 12.9. The van der Waals surface area contributed by atoms with Crippen molar-refractivity contribution in [2.75, 3.05) is 6.61 Å². The molecule has 0 spiro atoms. The molecule has 3 atom stereocenters. The fraction of sp³-hybridized carbons (Fsp3) is 0.370. The number of imide groups is 1. The lowest BCUT2D eigenvalue weighted by Gasteiger charge is -2.31. The number of hydrogen-bond acceptors (Lipinski definition) is 5. The summed E-state index contributed by atoms with van der Waals surface area (Å²) in [4.78, 5) is 39.7. The summed E-state index contributed by atoms with van der Waals surface area (Å²) >= 11 is 0. The summed E-state index contributed by atoms with van der Waals surface area (Å²) in [6, 6.07) is 18.5. The molecule has 4 rings (SSSR count). The van der Waals surface area contributed by atoms with Gasteiger partial charge in [0.1, 0.15) is 12.3 Å². The topological polar surface area (TPSA) is 96.4 Å². The van der Waals surface area contributed by atoms with Gasteiger partial charge in [-0.3, -0.25) is 9.69 Å². The molecular weight excluding hydrogens is 448 g/mol. The summed E-state index contributed by atoms with van der Waals surface area (Å²) in [7, 11) is 0. The Morgan fingerprint density at radius 1 is 1.03 bits per heavy atom. The first-order valence-electron chi connectivity index (χ1n) is 11.7. The van der Waals surface area contributed by atoms with Crippen LogP contribution in [0.2, 0.25) is 0 Å². The van der Waals surface area contributed by atoms with Crippen LogP contribution >= 0.6 is 0 Å². The van der Waals surface area contributed by atoms with Crippen LogP contribution in [0.3, 0.4) is 0 Å². The predicted octanol–water partition coefficient (Wildman–Crippen LogP) is 4.25. The maximum Gasteiger partial charge on any atom is 0.417 e. The Morgan fingerprint density at radius 2 is 1.63 bits per heavy atom. The normalized spacial score (nSPS) is 23.6. The summed E-state index contributed by atoms with van der Waals surface area (Å²) in [5.74, 6) is -0.458.